The molecule has 152 valence electrons. The number of carboxylic acid groups (broad SMARTS) is 1. The molecular weight excluding hydrogens is 421 g/mol. The van der Waals surface area contributed by atoms with Crippen molar-refractivity contribution in [1.82, 2.24) is 30.1 Å². The van der Waals surface area contributed by atoms with Gasteiger partial charge in [-0.05, 0) is 24.3 Å². The molecule has 29 heavy (non-hydrogen) atoms. The molecule has 0 fully saturated rings. The largest absolute Gasteiger partial charge is 0.480 e. The lowest BCUT2D eigenvalue weighted by Crippen LogP contribution is -2.42. The van der Waals surface area contributed by atoms with Gasteiger partial charge in [0.05, 0.1) is 29.8 Å². The second-order valence-corrected chi connectivity index (χ2v) is 6.98. The third kappa shape index (κ3) is 5.53. The monoisotopic (exact) mass is 437 g/mol. The van der Waals surface area contributed by atoms with Crippen LogP contribution in [0.4, 0.5) is 5.69 Å². The molecule has 0 saturated carbocycles. The minimum absolute atomic E-state index is 0.142. The van der Waals surface area contributed by atoms with E-state index >= 15 is 0 Å². The average molecular weight is 438 g/mol. The summed E-state index contributed by atoms with van der Waals surface area (Å²) >= 11 is 11.8. The maximum Gasteiger partial charge on any atom is 0.321 e. The highest BCUT2D eigenvalue weighted by molar-refractivity contribution is 6.31. The van der Waals surface area contributed by atoms with E-state index in [1.54, 1.807) is 42.2 Å². The molecule has 2 aromatic heterocycles. The fourth-order valence-corrected chi connectivity index (χ4v) is 2.91. The van der Waals surface area contributed by atoms with Crippen LogP contribution in [0.5, 0.6) is 0 Å². The second kappa shape index (κ2) is 9.03. The van der Waals surface area contributed by atoms with E-state index in [1.165, 1.54) is 10.9 Å². The summed E-state index contributed by atoms with van der Waals surface area (Å²) in [6.45, 7) is -0.228. The SMILES string of the molecule is Cn1ccc(CC(NCC(=O)Nc2cc(Cl)ccc2-n2cc(Cl)nn2)C(=O)O)n1. The predicted octanol–water partition coefficient (Wildman–Crippen LogP) is 1.53. The first-order valence-electron chi connectivity index (χ1n) is 8.44. The molecule has 1 aromatic carbocycles. The number of nitrogens with one attached hydrogen (secondary N) is 2. The van der Waals surface area contributed by atoms with Gasteiger partial charge in [-0.25, -0.2) is 4.68 Å². The highest BCUT2D eigenvalue weighted by Crippen LogP contribution is 2.24. The molecule has 3 aromatic rings. The Bertz CT molecular complexity index is 1030. The summed E-state index contributed by atoms with van der Waals surface area (Å²) in [4.78, 5) is 23.9. The summed E-state index contributed by atoms with van der Waals surface area (Å²) < 4.78 is 2.97. The first-order chi connectivity index (χ1) is 13.8. The fourth-order valence-electron chi connectivity index (χ4n) is 2.61. The number of aliphatic carboxylic acids is 1. The molecule has 0 saturated heterocycles. The number of carbonyl (C=O) groups is 2. The van der Waals surface area contributed by atoms with Crippen molar-refractivity contribution < 1.29 is 14.7 Å². The second-order valence-electron chi connectivity index (χ2n) is 6.15. The molecule has 0 radical (unpaired) electrons. The molecule has 0 aliphatic rings. The molecule has 1 unspecified atom stereocenters. The van der Waals surface area contributed by atoms with Crippen molar-refractivity contribution in [3.05, 3.63) is 52.5 Å². The van der Waals surface area contributed by atoms with E-state index in [2.05, 4.69) is 26.0 Å². The molecule has 1 atom stereocenters. The molecule has 12 heteroatoms. The van der Waals surface area contributed by atoms with Crippen LogP contribution in [0.1, 0.15) is 5.69 Å². The van der Waals surface area contributed by atoms with E-state index in [1.807, 2.05) is 0 Å². The fraction of sp³-hybridized carbons (Fsp3) is 0.235. The number of carbonyl (C=O) groups excluding carboxylic acids is 1. The quantitative estimate of drug-likeness (QED) is 0.487. The normalized spacial score (nSPS) is 12.0. The van der Waals surface area contributed by atoms with Crippen molar-refractivity contribution in [3.8, 4) is 5.69 Å². The number of hydrogen-bond donors (Lipinski definition) is 3. The zero-order chi connectivity index (χ0) is 21.0. The number of amides is 1. The molecular formula is C17H17Cl2N7O3. The zero-order valence-electron chi connectivity index (χ0n) is 15.2. The van der Waals surface area contributed by atoms with Crippen molar-refractivity contribution in [2.75, 3.05) is 11.9 Å². The topological polar surface area (TPSA) is 127 Å². The Kier molecular flexibility index (Phi) is 6.47. The Morgan fingerprint density at radius 3 is 2.69 bits per heavy atom. The molecule has 3 rings (SSSR count). The first kappa shape index (κ1) is 20.8. The lowest BCUT2D eigenvalue weighted by atomic mass is 10.1. The zero-order valence-corrected chi connectivity index (χ0v) is 16.7. The van der Waals surface area contributed by atoms with Crippen LogP contribution in [-0.4, -0.2) is 54.3 Å². The maximum atomic E-state index is 12.4. The number of hydrogen-bond acceptors (Lipinski definition) is 6. The van der Waals surface area contributed by atoms with Crippen LogP contribution in [0.15, 0.2) is 36.7 Å². The standard InChI is InChI=1S/C17H17Cl2N7O3/c1-25-5-4-11(23-25)7-13(17(28)29)20-8-16(27)21-12-6-10(18)2-3-14(12)26-9-15(19)22-24-26/h2-6,9,13,20H,7-8H2,1H3,(H,21,27)(H,28,29). The Morgan fingerprint density at radius 1 is 1.28 bits per heavy atom. The van der Waals surface area contributed by atoms with Crippen molar-refractivity contribution in [3.63, 3.8) is 0 Å². The van der Waals surface area contributed by atoms with Gasteiger partial charge in [-0.3, -0.25) is 19.6 Å². The molecule has 0 aliphatic carbocycles. The van der Waals surface area contributed by atoms with Gasteiger partial charge in [-0.1, -0.05) is 28.4 Å². The lowest BCUT2D eigenvalue weighted by Gasteiger charge is -2.15. The number of nitrogens with zero attached hydrogens (tertiary/aromatic N) is 5. The number of aromatic nitrogens is 5. The van der Waals surface area contributed by atoms with Crippen molar-refractivity contribution in [2.24, 2.45) is 7.05 Å². The summed E-state index contributed by atoms with van der Waals surface area (Å²) in [6.07, 6.45) is 3.34. The van der Waals surface area contributed by atoms with Gasteiger partial charge in [0.25, 0.3) is 0 Å². The molecule has 0 aliphatic heterocycles. The van der Waals surface area contributed by atoms with Crippen molar-refractivity contribution in [2.45, 2.75) is 12.5 Å². The van der Waals surface area contributed by atoms with Crippen molar-refractivity contribution in [1.29, 1.82) is 0 Å². The van der Waals surface area contributed by atoms with Gasteiger partial charge in [-0.15, -0.1) is 5.10 Å². The third-order valence-corrected chi connectivity index (χ3v) is 4.34. The van der Waals surface area contributed by atoms with Gasteiger partial charge in [0, 0.05) is 24.7 Å². The van der Waals surface area contributed by atoms with Crippen LogP contribution in [0, 0.1) is 0 Å². The van der Waals surface area contributed by atoms with E-state index in [0.717, 1.165) is 0 Å². The minimum atomic E-state index is -1.08. The van der Waals surface area contributed by atoms with E-state index < -0.39 is 17.9 Å². The van der Waals surface area contributed by atoms with Crippen molar-refractivity contribution >= 4 is 40.8 Å². The molecule has 10 nitrogen and oxygen atoms in total. The number of halogens is 2. The van der Waals surface area contributed by atoms with Crippen LogP contribution in [0.3, 0.4) is 0 Å². The molecule has 0 bridgehead atoms. The number of aryl methyl sites for hydroxylation is 1. The summed E-state index contributed by atoms with van der Waals surface area (Å²) in [6, 6.07) is 5.58. The van der Waals surface area contributed by atoms with Gasteiger partial charge < -0.3 is 10.4 Å². The van der Waals surface area contributed by atoms with E-state index in [9.17, 15) is 14.7 Å². The van der Waals surface area contributed by atoms with E-state index in [4.69, 9.17) is 23.2 Å². The van der Waals surface area contributed by atoms with Gasteiger partial charge in [0.2, 0.25) is 5.91 Å². The van der Waals surface area contributed by atoms with E-state index in [-0.39, 0.29) is 18.1 Å². The van der Waals surface area contributed by atoms with Crippen LogP contribution < -0.4 is 10.6 Å². The molecule has 1 amide bonds. The van der Waals surface area contributed by atoms with Crippen LogP contribution in [0.2, 0.25) is 10.2 Å². The van der Waals surface area contributed by atoms with Crippen LogP contribution >= 0.6 is 23.2 Å². The molecule has 2 heterocycles. The summed E-state index contributed by atoms with van der Waals surface area (Å²) in [5.74, 6) is -1.53. The Balaban J connectivity index is 1.67. The molecule has 3 N–H and O–H groups in total. The number of benzene rings is 1. The Morgan fingerprint density at radius 2 is 2.07 bits per heavy atom. The Hall–Kier alpha value is -2.95. The average Bonchev–Trinajstić information content (AvgIpc) is 3.26. The first-order valence-corrected chi connectivity index (χ1v) is 9.20. The summed E-state index contributed by atoms with van der Waals surface area (Å²) in [5, 5.41) is 27.1. The maximum absolute atomic E-state index is 12.4. The van der Waals surface area contributed by atoms with Gasteiger partial charge in [-0.2, -0.15) is 5.10 Å². The highest BCUT2D eigenvalue weighted by atomic mass is 35.5. The molecule has 0 spiro atoms. The third-order valence-electron chi connectivity index (χ3n) is 3.93. The van der Waals surface area contributed by atoms with Crippen LogP contribution in [-0.2, 0) is 23.1 Å². The predicted molar refractivity (Wildman–Crippen MR) is 106 cm³/mol. The number of rotatable bonds is 8. The summed E-state index contributed by atoms with van der Waals surface area (Å²) in [7, 11) is 1.74. The van der Waals surface area contributed by atoms with Crippen LogP contribution in [0.25, 0.3) is 5.69 Å². The Labute approximate surface area is 175 Å². The van der Waals surface area contributed by atoms with Gasteiger partial charge in [0.15, 0.2) is 5.15 Å². The van der Waals surface area contributed by atoms with Gasteiger partial charge >= 0.3 is 5.97 Å². The smallest absolute Gasteiger partial charge is 0.321 e. The lowest BCUT2D eigenvalue weighted by molar-refractivity contribution is -0.139. The number of carboxylic acids is 1. The summed E-state index contributed by atoms with van der Waals surface area (Å²) in [5.41, 5.74) is 1.49. The highest BCUT2D eigenvalue weighted by Gasteiger charge is 2.20. The van der Waals surface area contributed by atoms with Gasteiger partial charge in [0.1, 0.15) is 6.04 Å². The van der Waals surface area contributed by atoms with E-state index in [0.29, 0.717) is 22.1 Å². The minimum Gasteiger partial charge on any atom is -0.480 e. The number of anilines is 1.